The van der Waals surface area contributed by atoms with Gasteiger partial charge in [0, 0.05) is 69.2 Å². The fourth-order valence-electron chi connectivity index (χ4n) is 5.84. The normalized spacial score (nSPS) is 19.0. The van der Waals surface area contributed by atoms with E-state index in [1.165, 1.54) is 31.3 Å². The quantitative estimate of drug-likeness (QED) is 0.283. The highest BCUT2D eigenvalue weighted by Gasteiger charge is 2.45. The Bertz CT molecular complexity index is 1940. The van der Waals surface area contributed by atoms with Gasteiger partial charge in [-0.3, -0.25) is 14.8 Å². The molecule has 0 aliphatic carbocycles. The Hall–Kier alpha value is -3.27. The SMILES string of the molecule is CCOc1cc(F)c(S(=O)(=O)N(C)C)cc1C1=NC(c2ccc(Cl)cc2)C(c2ccc(Cl)cc2)N1C(=O)N1CCN(CCS(C)(=O)=O)CC1. The van der Waals surface area contributed by atoms with Crippen molar-refractivity contribution in [2.24, 2.45) is 4.99 Å². The number of hydrogen-bond acceptors (Lipinski definition) is 8. The van der Waals surface area contributed by atoms with Crippen LogP contribution in [0.15, 0.2) is 70.6 Å². The van der Waals surface area contributed by atoms with E-state index in [9.17, 15) is 21.6 Å². The number of urea groups is 1. The molecular formula is C33H38Cl2FN5O6S2. The molecule has 0 bridgehead atoms. The first kappa shape index (κ1) is 37.0. The zero-order chi connectivity index (χ0) is 35.7. The molecule has 2 amide bonds. The summed E-state index contributed by atoms with van der Waals surface area (Å²) in [5.41, 5.74) is 1.55. The van der Waals surface area contributed by atoms with E-state index >= 15 is 4.39 Å². The lowest BCUT2D eigenvalue weighted by Gasteiger charge is -2.39. The highest BCUT2D eigenvalue weighted by Crippen LogP contribution is 2.46. The molecule has 16 heteroatoms. The average molecular weight is 755 g/mol. The summed E-state index contributed by atoms with van der Waals surface area (Å²) in [4.78, 5) is 24.4. The summed E-state index contributed by atoms with van der Waals surface area (Å²) in [7, 11) is -4.81. The van der Waals surface area contributed by atoms with Crippen molar-refractivity contribution < 1.29 is 30.8 Å². The number of sulfone groups is 1. The summed E-state index contributed by atoms with van der Waals surface area (Å²) in [5.74, 6) is -0.880. The molecule has 2 unspecified atom stereocenters. The second-order valence-electron chi connectivity index (χ2n) is 12.1. The standard InChI is InChI=1S/C33H38Cl2FN5O6S2/c1-5-47-28-21-27(36)29(49(45,46)38(2)3)20-26(28)32-37-30(22-6-10-24(34)11-7-22)31(23-8-12-25(35)13-9-23)41(32)33(42)40-16-14-39(15-17-40)18-19-48(4,43)44/h6-13,20-21,30-31H,5,14-19H2,1-4H3. The third-order valence-corrected chi connectivity index (χ3v) is 11.7. The van der Waals surface area contributed by atoms with Crippen molar-refractivity contribution in [3.8, 4) is 5.75 Å². The first-order valence-electron chi connectivity index (χ1n) is 15.6. The van der Waals surface area contributed by atoms with Crippen LogP contribution in [-0.4, -0.2) is 113 Å². The molecule has 0 spiro atoms. The number of carbonyl (C=O) groups excluding carboxylic acids is 1. The van der Waals surface area contributed by atoms with Gasteiger partial charge in [-0.15, -0.1) is 0 Å². The van der Waals surface area contributed by atoms with Crippen LogP contribution in [0.5, 0.6) is 5.75 Å². The van der Waals surface area contributed by atoms with E-state index < -0.39 is 48.7 Å². The summed E-state index contributed by atoms with van der Waals surface area (Å²) < 4.78 is 72.3. The van der Waals surface area contributed by atoms with Crippen LogP contribution in [0, 0.1) is 5.82 Å². The van der Waals surface area contributed by atoms with Gasteiger partial charge < -0.3 is 9.64 Å². The molecular weight excluding hydrogens is 716 g/mol. The number of carbonyl (C=O) groups is 1. The number of rotatable bonds is 10. The Morgan fingerprint density at radius 3 is 2.04 bits per heavy atom. The van der Waals surface area contributed by atoms with E-state index in [1.807, 2.05) is 17.0 Å². The minimum absolute atomic E-state index is 0.00819. The molecule has 49 heavy (non-hydrogen) atoms. The van der Waals surface area contributed by atoms with E-state index in [-0.39, 0.29) is 29.5 Å². The Kier molecular flexibility index (Phi) is 11.3. The van der Waals surface area contributed by atoms with Gasteiger partial charge in [0.15, 0.2) is 0 Å². The Morgan fingerprint density at radius 2 is 1.51 bits per heavy atom. The lowest BCUT2D eigenvalue weighted by molar-refractivity contribution is 0.122. The molecule has 2 aliphatic rings. The predicted molar refractivity (Wildman–Crippen MR) is 188 cm³/mol. The van der Waals surface area contributed by atoms with Gasteiger partial charge in [-0.25, -0.2) is 30.3 Å². The van der Waals surface area contributed by atoms with Crippen molar-refractivity contribution >= 4 is 54.9 Å². The van der Waals surface area contributed by atoms with Crippen LogP contribution in [0.25, 0.3) is 0 Å². The van der Waals surface area contributed by atoms with E-state index in [2.05, 4.69) is 0 Å². The largest absolute Gasteiger partial charge is 0.493 e. The van der Waals surface area contributed by atoms with Crippen molar-refractivity contribution in [1.82, 2.24) is 19.0 Å². The number of amides is 2. The molecule has 2 aliphatic heterocycles. The molecule has 2 atom stereocenters. The predicted octanol–water partition coefficient (Wildman–Crippen LogP) is 5.11. The summed E-state index contributed by atoms with van der Waals surface area (Å²) in [5, 5.41) is 0.996. The molecule has 0 radical (unpaired) electrons. The van der Waals surface area contributed by atoms with Crippen molar-refractivity contribution in [2.75, 3.05) is 65.4 Å². The van der Waals surface area contributed by atoms with E-state index in [0.717, 1.165) is 15.9 Å². The molecule has 0 aromatic heterocycles. The van der Waals surface area contributed by atoms with E-state index in [0.29, 0.717) is 48.3 Å². The summed E-state index contributed by atoms with van der Waals surface area (Å²) in [6.45, 7) is 3.67. The minimum Gasteiger partial charge on any atom is -0.493 e. The minimum atomic E-state index is -4.26. The van der Waals surface area contributed by atoms with Gasteiger partial charge in [0.1, 0.15) is 38.2 Å². The van der Waals surface area contributed by atoms with Crippen LogP contribution in [-0.2, 0) is 19.9 Å². The molecule has 264 valence electrons. The van der Waals surface area contributed by atoms with Gasteiger partial charge >= 0.3 is 6.03 Å². The number of nitrogens with zero attached hydrogens (tertiary/aromatic N) is 5. The number of ether oxygens (including phenoxy) is 1. The summed E-state index contributed by atoms with van der Waals surface area (Å²) in [6, 6.07) is 14.4. The zero-order valence-electron chi connectivity index (χ0n) is 27.5. The Balaban J connectivity index is 1.67. The molecule has 2 heterocycles. The zero-order valence-corrected chi connectivity index (χ0v) is 30.7. The van der Waals surface area contributed by atoms with E-state index in [4.69, 9.17) is 32.9 Å². The third kappa shape index (κ3) is 8.21. The molecule has 1 fully saturated rings. The van der Waals surface area contributed by atoms with Gasteiger partial charge in [-0.1, -0.05) is 47.5 Å². The van der Waals surface area contributed by atoms with Crippen LogP contribution >= 0.6 is 23.2 Å². The average Bonchev–Trinajstić information content (AvgIpc) is 3.44. The summed E-state index contributed by atoms with van der Waals surface area (Å²) >= 11 is 12.5. The molecule has 11 nitrogen and oxygen atoms in total. The number of hydrogen-bond donors (Lipinski definition) is 0. The van der Waals surface area contributed by atoms with Crippen molar-refractivity contribution in [3.05, 3.63) is 93.2 Å². The smallest absolute Gasteiger partial charge is 0.326 e. The third-order valence-electron chi connectivity index (χ3n) is 8.45. The van der Waals surface area contributed by atoms with Crippen LogP contribution in [0.3, 0.4) is 0 Å². The van der Waals surface area contributed by atoms with Crippen LogP contribution < -0.4 is 4.74 Å². The van der Waals surface area contributed by atoms with E-state index in [1.54, 1.807) is 48.2 Å². The number of benzene rings is 3. The molecule has 1 saturated heterocycles. The van der Waals surface area contributed by atoms with Gasteiger partial charge in [-0.05, 0) is 48.4 Å². The van der Waals surface area contributed by atoms with Crippen molar-refractivity contribution in [1.29, 1.82) is 0 Å². The van der Waals surface area contributed by atoms with Crippen LogP contribution in [0.1, 0.15) is 35.7 Å². The number of halogens is 3. The van der Waals surface area contributed by atoms with Crippen molar-refractivity contribution in [2.45, 2.75) is 23.9 Å². The van der Waals surface area contributed by atoms with Crippen molar-refractivity contribution in [3.63, 3.8) is 0 Å². The maximum Gasteiger partial charge on any atom is 0.326 e. The number of amidine groups is 1. The van der Waals surface area contributed by atoms with Gasteiger partial charge in [0.2, 0.25) is 10.0 Å². The maximum atomic E-state index is 15.5. The molecule has 0 N–H and O–H groups in total. The molecule has 0 saturated carbocycles. The number of piperazine rings is 1. The Labute approximate surface area is 296 Å². The fourth-order valence-corrected chi connectivity index (χ4v) is 7.65. The first-order chi connectivity index (χ1) is 23.1. The summed E-state index contributed by atoms with van der Waals surface area (Å²) in [6.07, 6.45) is 1.19. The number of sulfonamides is 1. The van der Waals surface area contributed by atoms with Gasteiger partial charge in [-0.2, -0.15) is 0 Å². The second-order valence-corrected chi connectivity index (χ2v) is 17.3. The fraction of sp³-hybridized carbons (Fsp3) is 0.394. The highest BCUT2D eigenvalue weighted by molar-refractivity contribution is 7.90. The molecule has 3 aromatic rings. The highest BCUT2D eigenvalue weighted by atomic mass is 35.5. The number of aliphatic imine (C=N–C) groups is 1. The maximum absolute atomic E-state index is 15.5. The monoisotopic (exact) mass is 753 g/mol. The van der Waals surface area contributed by atoms with Crippen LogP contribution in [0.4, 0.5) is 9.18 Å². The Morgan fingerprint density at radius 1 is 0.939 bits per heavy atom. The molecule has 5 rings (SSSR count). The van der Waals surface area contributed by atoms with Crippen LogP contribution in [0.2, 0.25) is 10.0 Å². The lowest BCUT2D eigenvalue weighted by Crippen LogP contribution is -2.54. The molecule has 3 aromatic carbocycles. The van der Waals surface area contributed by atoms with Gasteiger partial charge in [0.25, 0.3) is 0 Å². The lowest BCUT2D eigenvalue weighted by atomic mass is 9.93. The first-order valence-corrected chi connectivity index (χ1v) is 19.8. The topological polar surface area (TPSA) is 120 Å². The second kappa shape index (κ2) is 14.9. The van der Waals surface area contributed by atoms with Gasteiger partial charge in [0.05, 0.1) is 24.0 Å².